The summed E-state index contributed by atoms with van der Waals surface area (Å²) in [7, 11) is -1.90. The lowest BCUT2D eigenvalue weighted by atomic mass is 9.71. The second-order valence-electron chi connectivity index (χ2n) is 12.3. The van der Waals surface area contributed by atoms with Gasteiger partial charge in [0.1, 0.15) is 11.6 Å². The Morgan fingerprint density at radius 2 is 1.88 bits per heavy atom. The van der Waals surface area contributed by atoms with Crippen LogP contribution in [0.1, 0.15) is 80.1 Å². The van der Waals surface area contributed by atoms with Crippen LogP contribution in [-0.2, 0) is 33.8 Å². The molecule has 0 saturated carbocycles. The minimum atomic E-state index is -3.78. The molecule has 4 aromatic rings. The van der Waals surface area contributed by atoms with Gasteiger partial charge in [-0.05, 0) is 84.2 Å². The highest BCUT2D eigenvalue weighted by atomic mass is 32.2. The molecule has 43 heavy (non-hydrogen) atoms. The molecule has 1 aliphatic carbocycles. The Morgan fingerprint density at radius 1 is 1.14 bits per heavy atom. The molecule has 1 heterocycles. The number of halogens is 1. The minimum absolute atomic E-state index is 0.133. The van der Waals surface area contributed by atoms with E-state index in [-0.39, 0.29) is 40.9 Å². The lowest BCUT2D eigenvalue weighted by Crippen LogP contribution is -2.37. The predicted octanol–water partition coefficient (Wildman–Crippen LogP) is 6.69. The molecular weight excluding hydrogens is 563 g/mol. The number of imidazole rings is 1. The number of fused-ring (bicyclic) bond motifs is 1. The van der Waals surface area contributed by atoms with E-state index in [1.807, 2.05) is 55.9 Å². The van der Waals surface area contributed by atoms with Crippen molar-refractivity contribution in [3.63, 3.8) is 0 Å². The summed E-state index contributed by atoms with van der Waals surface area (Å²) in [6.45, 7) is 8.39. The van der Waals surface area contributed by atoms with Gasteiger partial charge in [0, 0.05) is 37.6 Å². The van der Waals surface area contributed by atoms with Crippen LogP contribution in [0.25, 0.3) is 0 Å². The first-order chi connectivity index (χ1) is 20.3. The Balaban J connectivity index is 1.51. The molecule has 0 spiro atoms. The highest BCUT2D eigenvalue weighted by molar-refractivity contribution is 7.89. The predicted molar refractivity (Wildman–Crippen MR) is 167 cm³/mol. The Morgan fingerprint density at radius 3 is 2.56 bits per heavy atom. The zero-order chi connectivity index (χ0) is 30.9. The highest BCUT2D eigenvalue weighted by Gasteiger charge is 2.35. The van der Waals surface area contributed by atoms with E-state index < -0.39 is 16.1 Å². The number of anilines is 1. The van der Waals surface area contributed by atoms with E-state index in [0.717, 1.165) is 28.7 Å². The quantitative estimate of drug-likeness (QED) is 0.232. The van der Waals surface area contributed by atoms with Gasteiger partial charge in [-0.15, -0.1) is 0 Å². The number of nitrogens with one attached hydrogen (secondary N) is 1. The van der Waals surface area contributed by atoms with Crippen molar-refractivity contribution in [1.82, 2.24) is 14.3 Å². The van der Waals surface area contributed by atoms with Crippen molar-refractivity contribution >= 4 is 21.6 Å². The Bertz CT molecular complexity index is 1730. The van der Waals surface area contributed by atoms with Gasteiger partial charge in [0.05, 0.1) is 11.4 Å². The second-order valence-corrected chi connectivity index (χ2v) is 14.0. The Hall–Kier alpha value is -3.82. The molecular formula is C34H39FN4O3S. The first kappa shape index (κ1) is 30.6. The number of amides is 1. The van der Waals surface area contributed by atoms with E-state index >= 15 is 0 Å². The molecule has 5 rings (SSSR count). The number of rotatable bonds is 9. The van der Waals surface area contributed by atoms with Gasteiger partial charge >= 0.3 is 0 Å². The van der Waals surface area contributed by atoms with Crippen LogP contribution in [0, 0.1) is 12.7 Å². The molecule has 2 atom stereocenters. The van der Waals surface area contributed by atoms with Crippen LogP contribution in [0.4, 0.5) is 10.1 Å². The fraction of sp³-hybridized carbons (Fsp3) is 0.353. The zero-order valence-corrected chi connectivity index (χ0v) is 26.2. The van der Waals surface area contributed by atoms with Gasteiger partial charge in [-0.3, -0.25) is 4.79 Å². The van der Waals surface area contributed by atoms with E-state index in [2.05, 4.69) is 23.6 Å². The fourth-order valence-corrected chi connectivity index (χ4v) is 7.08. The molecule has 0 unspecified atom stereocenters. The van der Waals surface area contributed by atoms with Crippen molar-refractivity contribution in [2.24, 2.45) is 7.05 Å². The molecule has 0 aliphatic heterocycles. The molecule has 1 aromatic heterocycles. The number of benzene rings is 3. The minimum Gasteiger partial charge on any atom is -0.337 e. The standard InChI is InChI=1S/C34H39FN4O3S/c1-23-9-12-28(13-10-23)43(41,42)37-31-15-16-34(3,4)30-14-11-27(21-29(30)31)39(22-32-36-17-18-38(32)5)33(40)19-24(2)25-7-6-8-26(35)20-25/h6-14,17-18,20-21,24,31,37H,15-16,19,22H2,1-5H3/t24-,31-/m0/s1. The van der Waals surface area contributed by atoms with Crippen LogP contribution in [0.2, 0.25) is 0 Å². The number of carbonyl (C=O) groups excluding carboxylic acids is 1. The topological polar surface area (TPSA) is 84.3 Å². The largest absolute Gasteiger partial charge is 0.337 e. The number of sulfonamides is 1. The molecule has 0 radical (unpaired) electrons. The summed E-state index contributed by atoms with van der Waals surface area (Å²) >= 11 is 0. The number of aryl methyl sites for hydroxylation is 2. The van der Waals surface area contributed by atoms with Crippen LogP contribution in [-0.4, -0.2) is 23.9 Å². The van der Waals surface area contributed by atoms with Gasteiger partial charge in [-0.25, -0.2) is 22.5 Å². The van der Waals surface area contributed by atoms with Crippen LogP contribution in [0.3, 0.4) is 0 Å². The summed E-state index contributed by atoms with van der Waals surface area (Å²) in [4.78, 5) is 20.3. The Labute approximate surface area is 253 Å². The highest BCUT2D eigenvalue weighted by Crippen LogP contribution is 2.43. The monoisotopic (exact) mass is 602 g/mol. The number of carbonyl (C=O) groups is 1. The molecule has 0 bridgehead atoms. The van der Waals surface area contributed by atoms with Gasteiger partial charge in [0.15, 0.2) is 0 Å². The molecule has 7 nitrogen and oxygen atoms in total. The average Bonchev–Trinajstić information content (AvgIpc) is 3.37. The van der Waals surface area contributed by atoms with E-state index in [4.69, 9.17) is 0 Å². The van der Waals surface area contributed by atoms with Gasteiger partial charge in [0.25, 0.3) is 0 Å². The first-order valence-electron chi connectivity index (χ1n) is 14.6. The zero-order valence-electron chi connectivity index (χ0n) is 25.3. The molecule has 0 fully saturated rings. The Kier molecular flexibility index (Phi) is 8.58. The summed E-state index contributed by atoms with van der Waals surface area (Å²) in [5, 5.41) is 0. The van der Waals surface area contributed by atoms with E-state index in [1.165, 1.54) is 12.1 Å². The summed E-state index contributed by atoms with van der Waals surface area (Å²) in [6, 6.07) is 18.6. The van der Waals surface area contributed by atoms with Gasteiger partial charge in [-0.2, -0.15) is 0 Å². The molecule has 1 N–H and O–H groups in total. The third-order valence-electron chi connectivity index (χ3n) is 8.56. The van der Waals surface area contributed by atoms with Crippen molar-refractivity contribution in [1.29, 1.82) is 0 Å². The smallest absolute Gasteiger partial charge is 0.241 e. The van der Waals surface area contributed by atoms with E-state index in [9.17, 15) is 17.6 Å². The van der Waals surface area contributed by atoms with Crippen LogP contribution in [0.5, 0.6) is 0 Å². The van der Waals surface area contributed by atoms with Crippen LogP contribution in [0.15, 0.2) is 84.0 Å². The summed E-state index contributed by atoms with van der Waals surface area (Å²) < 4.78 is 45.6. The van der Waals surface area contributed by atoms with E-state index in [1.54, 1.807) is 41.4 Å². The van der Waals surface area contributed by atoms with Gasteiger partial charge in [-0.1, -0.05) is 56.7 Å². The average molecular weight is 603 g/mol. The lowest BCUT2D eigenvalue weighted by molar-refractivity contribution is -0.119. The number of nitrogens with zero attached hydrogens (tertiary/aromatic N) is 3. The molecule has 9 heteroatoms. The summed E-state index contributed by atoms with van der Waals surface area (Å²) in [5.41, 5.74) is 4.15. The first-order valence-corrected chi connectivity index (χ1v) is 16.1. The maximum Gasteiger partial charge on any atom is 0.241 e. The third-order valence-corrected chi connectivity index (χ3v) is 10.0. The molecule has 1 amide bonds. The third kappa shape index (κ3) is 6.73. The maximum absolute atomic E-state index is 14.0. The maximum atomic E-state index is 14.0. The second kappa shape index (κ2) is 12.1. The van der Waals surface area contributed by atoms with Crippen molar-refractivity contribution in [2.45, 2.75) is 75.8 Å². The summed E-state index contributed by atoms with van der Waals surface area (Å²) in [6.07, 6.45) is 5.12. The molecule has 1 aliphatic rings. The SMILES string of the molecule is Cc1ccc(S(=O)(=O)N[C@H]2CCC(C)(C)c3ccc(N(Cc4nccn4C)C(=O)C[C@H](C)c4cccc(F)c4)cc32)cc1. The molecule has 3 aromatic carbocycles. The molecule has 0 saturated heterocycles. The van der Waals surface area contributed by atoms with E-state index in [0.29, 0.717) is 17.9 Å². The lowest BCUT2D eigenvalue weighted by Gasteiger charge is -2.38. The number of hydrogen-bond donors (Lipinski definition) is 1. The van der Waals surface area contributed by atoms with Crippen molar-refractivity contribution < 1.29 is 17.6 Å². The van der Waals surface area contributed by atoms with Crippen LogP contribution < -0.4 is 9.62 Å². The van der Waals surface area contributed by atoms with Crippen LogP contribution >= 0.6 is 0 Å². The normalized spacial score (nSPS) is 16.8. The van der Waals surface area contributed by atoms with Crippen molar-refractivity contribution in [3.8, 4) is 0 Å². The van der Waals surface area contributed by atoms with Gasteiger partial charge < -0.3 is 9.47 Å². The van der Waals surface area contributed by atoms with Gasteiger partial charge in [0.2, 0.25) is 15.9 Å². The number of aromatic nitrogens is 2. The van der Waals surface area contributed by atoms with Crippen molar-refractivity contribution in [2.75, 3.05) is 4.90 Å². The van der Waals surface area contributed by atoms with Crippen molar-refractivity contribution in [3.05, 3.63) is 113 Å². The summed E-state index contributed by atoms with van der Waals surface area (Å²) in [5.74, 6) is 0.0313. The fourth-order valence-electron chi connectivity index (χ4n) is 5.83. The molecule has 226 valence electrons. The number of hydrogen-bond acceptors (Lipinski definition) is 4.